The van der Waals surface area contributed by atoms with Crippen molar-refractivity contribution >= 4 is 15.7 Å². The minimum absolute atomic E-state index is 0.00273. The summed E-state index contributed by atoms with van der Waals surface area (Å²) in [6.45, 7) is 3.76. The molecule has 4 saturated carbocycles. The first-order valence-electron chi connectivity index (χ1n) is 12.3. The quantitative estimate of drug-likeness (QED) is 0.598. The minimum Gasteiger partial charge on any atom is -0.497 e. The molecule has 1 aromatic carbocycles. The average molecular weight is 487 g/mol. The van der Waals surface area contributed by atoms with E-state index in [1.165, 1.54) is 38.5 Å². The van der Waals surface area contributed by atoms with E-state index in [0.717, 1.165) is 17.8 Å². The van der Waals surface area contributed by atoms with Crippen molar-refractivity contribution in [1.29, 1.82) is 0 Å². The lowest BCUT2D eigenvalue weighted by molar-refractivity contribution is -0.123. The summed E-state index contributed by atoms with van der Waals surface area (Å²) in [5.74, 6) is 2.49. The van der Waals surface area contributed by atoms with Crippen LogP contribution in [-0.2, 0) is 20.4 Å². The van der Waals surface area contributed by atoms with Crippen LogP contribution in [0.15, 0.2) is 28.7 Å². The number of aryl methyl sites for hydroxylation is 1. The lowest BCUT2D eigenvalue weighted by atomic mass is 9.48. The SMILES string of the molecule is COc1cccc(-c2nc(CS(=O)(=O)CC(=O)NC(C)C34CC5CC(CC(C5)C3)C4)c(C)o2)c1. The van der Waals surface area contributed by atoms with Crippen LogP contribution in [-0.4, -0.2) is 38.2 Å². The van der Waals surface area contributed by atoms with E-state index in [-0.39, 0.29) is 17.2 Å². The zero-order valence-electron chi connectivity index (χ0n) is 20.2. The summed E-state index contributed by atoms with van der Waals surface area (Å²) in [6, 6.07) is 7.23. The molecule has 34 heavy (non-hydrogen) atoms. The Balaban J connectivity index is 1.23. The van der Waals surface area contributed by atoms with Crippen molar-refractivity contribution in [3.8, 4) is 17.2 Å². The minimum atomic E-state index is -3.70. The lowest BCUT2D eigenvalue weighted by Crippen LogP contribution is -2.56. The van der Waals surface area contributed by atoms with E-state index in [1.807, 2.05) is 18.2 Å². The van der Waals surface area contributed by atoms with E-state index in [0.29, 0.717) is 28.7 Å². The van der Waals surface area contributed by atoms with Gasteiger partial charge in [0.15, 0.2) is 9.84 Å². The van der Waals surface area contributed by atoms with Crippen molar-refractivity contribution < 1.29 is 22.4 Å². The molecule has 0 radical (unpaired) electrons. The van der Waals surface area contributed by atoms with Gasteiger partial charge >= 0.3 is 0 Å². The highest BCUT2D eigenvalue weighted by Crippen LogP contribution is 2.61. The molecule has 1 aromatic heterocycles. The molecule has 184 valence electrons. The fourth-order valence-electron chi connectivity index (χ4n) is 7.04. The zero-order chi connectivity index (χ0) is 24.1. The summed E-state index contributed by atoms with van der Waals surface area (Å²) in [4.78, 5) is 17.2. The molecule has 1 atom stereocenters. The topological polar surface area (TPSA) is 98.5 Å². The molecular formula is C26H34N2O5S. The summed E-state index contributed by atoms with van der Waals surface area (Å²) in [5.41, 5.74) is 1.18. The average Bonchev–Trinajstić information content (AvgIpc) is 3.11. The number of hydrogen-bond acceptors (Lipinski definition) is 6. The second-order valence-electron chi connectivity index (χ2n) is 10.9. The maximum absolute atomic E-state index is 12.9. The highest BCUT2D eigenvalue weighted by Gasteiger charge is 2.53. The number of amides is 1. The molecule has 4 bridgehead atoms. The van der Waals surface area contributed by atoms with Gasteiger partial charge in [0.25, 0.3) is 0 Å². The van der Waals surface area contributed by atoms with E-state index in [4.69, 9.17) is 9.15 Å². The molecule has 7 nitrogen and oxygen atoms in total. The van der Waals surface area contributed by atoms with Crippen molar-refractivity contribution in [3.05, 3.63) is 35.7 Å². The number of aromatic nitrogens is 1. The fraction of sp³-hybridized carbons (Fsp3) is 0.615. The van der Waals surface area contributed by atoms with Crippen molar-refractivity contribution in [2.24, 2.45) is 23.2 Å². The van der Waals surface area contributed by atoms with Crippen LogP contribution in [0.4, 0.5) is 0 Å². The van der Waals surface area contributed by atoms with E-state index in [1.54, 1.807) is 20.1 Å². The molecule has 8 heteroatoms. The number of hydrogen-bond donors (Lipinski definition) is 1. The van der Waals surface area contributed by atoms with Gasteiger partial charge in [0.1, 0.15) is 17.3 Å². The Morgan fingerprint density at radius 2 is 1.85 bits per heavy atom. The summed E-state index contributed by atoms with van der Waals surface area (Å²) in [6.07, 6.45) is 7.50. The Morgan fingerprint density at radius 1 is 1.21 bits per heavy atom. The number of ether oxygens (including phenoxy) is 1. The first kappa shape index (κ1) is 23.4. The number of oxazole rings is 1. The van der Waals surface area contributed by atoms with Gasteiger partial charge in [0.05, 0.1) is 18.6 Å². The van der Waals surface area contributed by atoms with Gasteiger partial charge in [-0.25, -0.2) is 13.4 Å². The van der Waals surface area contributed by atoms with Crippen LogP contribution in [0.25, 0.3) is 11.5 Å². The van der Waals surface area contributed by atoms with Crippen molar-refractivity contribution in [3.63, 3.8) is 0 Å². The van der Waals surface area contributed by atoms with Gasteiger partial charge in [-0.1, -0.05) is 6.07 Å². The van der Waals surface area contributed by atoms with Gasteiger partial charge in [-0.15, -0.1) is 0 Å². The highest BCUT2D eigenvalue weighted by atomic mass is 32.2. The molecule has 1 N–H and O–H groups in total. The number of nitrogens with one attached hydrogen (secondary N) is 1. The third kappa shape index (κ3) is 4.61. The molecule has 1 heterocycles. The second-order valence-corrected chi connectivity index (χ2v) is 12.9. The molecule has 4 aliphatic carbocycles. The normalized spacial score (nSPS) is 28.6. The largest absolute Gasteiger partial charge is 0.497 e. The summed E-state index contributed by atoms with van der Waals surface area (Å²) >= 11 is 0. The maximum atomic E-state index is 12.9. The Hall–Kier alpha value is -2.35. The number of sulfone groups is 1. The van der Waals surface area contributed by atoms with E-state index >= 15 is 0 Å². The van der Waals surface area contributed by atoms with Gasteiger partial charge in [0.2, 0.25) is 11.8 Å². The first-order valence-corrected chi connectivity index (χ1v) is 14.1. The molecule has 4 aliphatic rings. The van der Waals surface area contributed by atoms with Crippen LogP contribution in [0, 0.1) is 30.1 Å². The van der Waals surface area contributed by atoms with E-state index < -0.39 is 21.5 Å². The standard InChI is InChI=1S/C26H34N2O5S/c1-16-23(28-25(33-16)21-5-4-6-22(10-21)32-3)14-34(30,31)15-24(29)27-17(2)26-11-18-7-19(12-26)9-20(8-18)13-26/h4-6,10,17-20H,7-9,11-15H2,1-3H3,(H,27,29). The van der Waals surface area contributed by atoms with Crippen molar-refractivity contribution in [2.45, 2.75) is 64.2 Å². The molecule has 1 unspecified atom stereocenters. The first-order chi connectivity index (χ1) is 16.1. The Kier molecular flexibility index (Phi) is 5.99. The molecule has 0 saturated heterocycles. The molecule has 0 aliphatic heterocycles. The van der Waals surface area contributed by atoms with Gasteiger partial charge in [-0.05, 0) is 93.7 Å². The van der Waals surface area contributed by atoms with Crippen LogP contribution >= 0.6 is 0 Å². The van der Waals surface area contributed by atoms with Crippen LogP contribution in [0.1, 0.15) is 56.9 Å². The summed E-state index contributed by atoms with van der Waals surface area (Å²) in [7, 11) is -2.12. The van der Waals surface area contributed by atoms with Gasteiger partial charge in [0, 0.05) is 11.6 Å². The second kappa shape index (κ2) is 8.70. The fourth-order valence-corrected chi connectivity index (χ4v) is 8.31. The Morgan fingerprint density at radius 3 is 2.47 bits per heavy atom. The van der Waals surface area contributed by atoms with Gasteiger partial charge in [-0.2, -0.15) is 0 Å². The molecule has 0 spiro atoms. The summed E-state index contributed by atoms with van der Waals surface area (Å²) in [5, 5.41) is 3.06. The number of nitrogens with zero attached hydrogens (tertiary/aromatic N) is 1. The van der Waals surface area contributed by atoms with Crippen LogP contribution in [0.2, 0.25) is 0 Å². The molecule has 4 fully saturated rings. The van der Waals surface area contributed by atoms with E-state index in [2.05, 4.69) is 17.2 Å². The third-order valence-corrected chi connectivity index (χ3v) is 9.71. The van der Waals surface area contributed by atoms with Gasteiger partial charge < -0.3 is 14.5 Å². The molecule has 6 rings (SSSR count). The maximum Gasteiger partial charge on any atom is 0.235 e. The molecule has 2 aromatic rings. The lowest BCUT2D eigenvalue weighted by Gasteiger charge is -2.59. The predicted octanol–water partition coefficient (Wildman–Crippen LogP) is 4.29. The Bertz CT molecular complexity index is 1150. The third-order valence-electron chi connectivity index (χ3n) is 8.30. The van der Waals surface area contributed by atoms with Crippen molar-refractivity contribution in [1.82, 2.24) is 10.3 Å². The number of carbonyl (C=O) groups excluding carboxylic acids is 1. The smallest absolute Gasteiger partial charge is 0.235 e. The van der Waals surface area contributed by atoms with Crippen LogP contribution in [0.5, 0.6) is 5.75 Å². The molecular weight excluding hydrogens is 452 g/mol. The highest BCUT2D eigenvalue weighted by molar-refractivity contribution is 7.91. The number of rotatable bonds is 8. The predicted molar refractivity (Wildman–Crippen MR) is 129 cm³/mol. The number of carbonyl (C=O) groups is 1. The number of benzene rings is 1. The number of methoxy groups -OCH3 is 1. The summed E-state index contributed by atoms with van der Waals surface area (Å²) < 4.78 is 36.7. The zero-order valence-corrected chi connectivity index (χ0v) is 21.0. The van der Waals surface area contributed by atoms with E-state index in [9.17, 15) is 13.2 Å². The molecule has 1 amide bonds. The van der Waals surface area contributed by atoms with Crippen LogP contribution < -0.4 is 10.1 Å². The monoisotopic (exact) mass is 486 g/mol. The van der Waals surface area contributed by atoms with Gasteiger partial charge in [-0.3, -0.25) is 4.79 Å². The van der Waals surface area contributed by atoms with Crippen molar-refractivity contribution in [2.75, 3.05) is 12.9 Å². The Labute approximate surface area is 201 Å². The van der Waals surface area contributed by atoms with Crippen LogP contribution in [0.3, 0.4) is 0 Å².